The average Bonchev–Trinajstić information content (AvgIpc) is 3.23. The molecule has 0 aliphatic heterocycles. The maximum atomic E-state index is 4.29. The molecule has 0 amide bonds. The molecule has 4 aromatic rings. The number of fused-ring (bicyclic) bond motifs is 2. The van der Waals surface area contributed by atoms with Crippen molar-refractivity contribution in [3.8, 4) is 0 Å². The van der Waals surface area contributed by atoms with Crippen LogP contribution in [0.3, 0.4) is 0 Å². The first-order valence-corrected chi connectivity index (χ1v) is 8.47. The first-order valence-electron chi connectivity index (χ1n) is 8.47. The average molecular weight is 322 g/mol. The molecule has 0 spiro atoms. The number of hydrogen-bond acceptors (Lipinski definition) is 2. The highest BCUT2D eigenvalue weighted by molar-refractivity contribution is 5.76. The smallest absolute Gasteiger partial charge is 0.0955 e. The molecule has 0 aliphatic carbocycles. The van der Waals surface area contributed by atoms with Crippen molar-refractivity contribution in [2.75, 3.05) is 0 Å². The molecule has 0 radical (unpaired) electrons. The van der Waals surface area contributed by atoms with E-state index in [9.17, 15) is 0 Å². The third-order valence-corrected chi connectivity index (χ3v) is 3.77. The van der Waals surface area contributed by atoms with Crippen molar-refractivity contribution in [1.82, 2.24) is 19.5 Å². The van der Waals surface area contributed by atoms with Gasteiger partial charge in [0.15, 0.2) is 0 Å². The van der Waals surface area contributed by atoms with Crippen molar-refractivity contribution >= 4 is 22.1 Å². The summed E-state index contributed by atoms with van der Waals surface area (Å²) in [5, 5.41) is 0. The highest BCUT2D eigenvalue weighted by Gasteiger charge is 1.98. The van der Waals surface area contributed by atoms with Crippen molar-refractivity contribution < 1.29 is 0 Å². The van der Waals surface area contributed by atoms with Crippen LogP contribution in [0.4, 0.5) is 0 Å². The van der Waals surface area contributed by atoms with Crippen LogP contribution in [0.2, 0.25) is 0 Å². The highest BCUT2D eigenvalue weighted by Crippen LogP contribution is 2.13. The van der Waals surface area contributed by atoms with Crippen molar-refractivity contribution in [2.24, 2.45) is 7.05 Å². The molecule has 126 valence electrons. The lowest BCUT2D eigenvalue weighted by atomic mass is 10.1. The van der Waals surface area contributed by atoms with Gasteiger partial charge in [0.2, 0.25) is 0 Å². The Morgan fingerprint density at radius 3 is 2.54 bits per heavy atom. The fourth-order valence-electron chi connectivity index (χ4n) is 2.45. The van der Waals surface area contributed by atoms with Gasteiger partial charge >= 0.3 is 0 Å². The molecule has 4 nitrogen and oxygen atoms in total. The van der Waals surface area contributed by atoms with Crippen LogP contribution >= 0.6 is 0 Å². The molecule has 0 aliphatic rings. The van der Waals surface area contributed by atoms with Gasteiger partial charge in [-0.3, -0.25) is 0 Å². The topological polar surface area (TPSA) is 46.5 Å². The summed E-state index contributed by atoms with van der Waals surface area (Å²) in [6.45, 7) is 8.23. The van der Waals surface area contributed by atoms with Gasteiger partial charge in [0.1, 0.15) is 0 Å². The van der Waals surface area contributed by atoms with E-state index >= 15 is 0 Å². The minimum Gasteiger partial charge on any atom is -0.345 e. The SMILES string of the molecule is CC.CCc1ccc2c(c1)ncn2C.Cc1ccc2nc[nH]c2c1. The summed E-state index contributed by atoms with van der Waals surface area (Å²) in [6.07, 6.45) is 4.64. The van der Waals surface area contributed by atoms with Crippen LogP contribution in [0.15, 0.2) is 49.1 Å². The maximum absolute atomic E-state index is 4.29. The van der Waals surface area contributed by atoms with E-state index in [0.717, 1.165) is 23.0 Å². The molecule has 0 atom stereocenters. The Morgan fingerprint density at radius 2 is 1.79 bits per heavy atom. The molecule has 1 N–H and O–H groups in total. The molecule has 4 heteroatoms. The van der Waals surface area contributed by atoms with E-state index in [1.165, 1.54) is 16.6 Å². The minimum atomic E-state index is 1.03. The summed E-state index contributed by atoms with van der Waals surface area (Å²) in [5.74, 6) is 0. The minimum absolute atomic E-state index is 1.03. The van der Waals surface area contributed by atoms with E-state index < -0.39 is 0 Å². The van der Waals surface area contributed by atoms with Crippen LogP contribution in [0.25, 0.3) is 22.1 Å². The first-order chi connectivity index (χ1) is 11.7. The van der Waals surface area contributed by atoms with E-state index in [-0.39, 0.29) is 0 Å². The summed E-state index contributed by atoms with van der Waals surface area (Å²) >= 11 is 0. The Labute approximate surface area is 143 Å². The number of H-pyrrole nitrogens is 1. The fraction of sp³-hybridized carbons (Fsp3) is 0.300. The molecule has 2 aromatic carbocycles. The van der Waals surface area contributed by atoms with Gasteiger partial charge in [-0.2, -0.15) is 0 Å². The van der Waals surface area contributed by atoms with Crippen LogP contribution in [-0.4, -0.2) is 19.5 Å². The van der Waals surface area contributed by atoms with Crippen LogP contribution in [0.5, 0.6) is 0 Å². The number of imidazole rings is 2. The number of aryl methyl sites for hydroxylation is 3. The summed E-state index contributed by atoms with van der Waals surface area (Å²) in [6, 6.07) is 12.6. The molecule has 0 unspecified atom stereocenters. The Morgan fingerprint density at radius 1 is 1.00 bits per heavy atom. The standard InChI is InChI=1S/C10H12N2.C8H8N2.C2H6/c1-3-8-4-5-10-9(6-8)11-7-12(10)2;1-6-2-3-7-8(4-6)10-5-9-7;1-2/h4-7H,3H2,1-2H3;2-5H,1H3,(H,9,10);1-2H3. The van der Waals surface area contributed by atoms with E-state index in [1.807, 2.05) is 37.9 Å². The molecule has 24 heavy (non-hydrogen) atoms. The zero-order valence-electron chi connectivity index (χ0n) is 15.2. The summed E-state index contributed by atoms with van der Waals surface area (Å²) in [4.78, 5) is 11.4. The Kier molecular flexibility index (Phi) is 6.13. The maximum Gasteiger partial charge on any atom is 0.0955 e. The lowest BCUT2D eigenvalue weighted by Gasteiger charge is -1.96. The van der Waals surface area contributed by atoms with Crippen LogP contribution in [-0.2, 0) is 13.5 Å². The number of nitrogens with one attached hydrogen (secondary N) is 1. The van der Waals surface area contributed by atoms with E-state index in [0.29, 0.717) is 0 Å². The van der Waals surface area contributed by atoms with Crippen molar-refractivity contribution in [3.63, 3.8) is 0 Å². The van der Waals surface area contributed by atoms with Crippen LogP contribution in [0.1, 0.15) is 31.9 Å². The lowest BCUT2D eigenvalue weighted by Crippen LogP contribution is -1.84. The molecule has 4 rings (SSSR count). The monoisotopic (exact) mass is 322 g/mol. The molecular formula is C20H26N4. The van der Waals surface area contributed by atoms with Gasteiger partial charge in [0.25, 0.3) is 0 Å². The second-order valence-corrected chi connectivity index (χ2v) is 5.46. The molecule has 0 fully saturated rings. The lowest BCUT2D eigenvalue weighted by molar-refractivity contribution is 0.947. The number of benzene rings is 2. The normalized spacial score (nSPS) is 10.0. The molecule has 2 aromatic heterocycles. The quantitative estimate of drug-likeness (QED) is 0.534. The van der Waals surface area contributed by atoms with Gasteiger partial charge in [-0.1, -0.05) is 32.9 Å². The van der Waals surface area contributed by atoms with Gasteiger partial charge in [-0.15, -0.1) is 0 Å². The second-order valence-electron chi connectivity index (χ2n) is 5.46. The summed E-state index contributed by atoms with van der Waals surface area (Å²) in [5.41, 5.74) is 7.05. The van der Waals surface area contributed by atoms with Crippen molar-refractivity contribution in [3.05, 3.63) is 60.2 Å². The number of aromatic amines is 1. The van der Waals surface area contributed by atoms with E-state index in [4.69, 9.17) is 0 Å². The van der Waals surface area contributed by atoms with Gasteiger partial charge < -0.3 is 9.55 Å². The zero-order chi connectivity index (χ0) is 17.5. The number of aromatic nitrogens is 4. The largest absolute Gasteiger partial charge is 0.345 e. The Balaban J connectivity index is 0.000000160. The van der Waals surface area contributed by atoms with E-state index in [1.54, 1.807) is 6.33 Å². The number of nitrogens with zero attached hydrogens (tertiary/aromatic N) is 3. The number of rotatable bonds is 1. The van der Waals surface area contributed by atoms with Crippen molar-refractivity contribution in [2.45, 2.75) is 34.1 Å². The molecular weight excluding hydrogens is 296 g/mol. The first kappa shape index (κ1) is 17.7. The van der Waals surface area contributed by atoms with Gasteiger partial charge in [-0.05, 0) is 48.7 Å². The molecule has 2 heterocycles. The molecule has 0 bridgehead atoms. The van der Waals surface area contributed by atoms with Gasteiger partial charge in [0.05, 0.1) is 34.7 Å². The molecule has 0 saturated carbocycles. The van der Waals surface area contributed by atoms with E-state index in [2.05, 4.69) is 59.1 Å². The third-order valence-electron chi connectivity index (χ3n) is 3.77. The molecule has 0 saturated heterocycles. The third kappa shape index (κ3) is 4.02. The Hall–Kier alpha value is -2.62. The highest BCUT2D eigenvalue weighted by atomic mass is 15.0. The van der Waals surface area contributed by atoms with Gasteiger partial charge in [0, 0.05) is 7.05 Å². The Bertz CT molecular complexity index is 902. The van der Waals surface area contributed by atoms with Crippen molar-refractivity contribution in [1.29, 1.82) is 0 Å². The van der Waals surface area contributed by atoms with Crippen LogP contribution < -0.4 is 0 Å². The number of hydrogen-bond donors (Lipinski definition) is 1. The predicted molar refractivity (Wildman–Crippen MR) is 102 cm³/mol. The predicted octanol–water partition coefficient (Wildman–Crippen LogP) is 5.03. The summed E-state index contributed by atoms with van der Waals surface area (Å²) < 4.78 is 2.04. The second kappa shape index (κ2) is 8.29. The van der Waals surface area contributed by atoms with Gasteiger partial charge in [-0.25, -0.2) is 9.97 Å². The fourth-order valence-corrected chi connectivity index (χ4v) is 2.45. The summed E-state index contributed by atoms with van der Waals surface area (Å²) in [7, 11) is 2.01. The van der Waals surface area contributed by atoms with Crippen LogP contribution in [0, 0.1) is 6.92 Å². The zero-order valence-corrected chi connectivity index (χ0v) is 15.2.